The smallest absolute Gasteiger partial charge is 0.225 e. The summed E-state index contributed by atoms with van der Waals surface area (Å²) in [5.41, 5.74) is 3.28. The number of benzene rings is 2. The number of nitrogens with zero attached hydrogens (tertiary/aromatic N) is 2. The van der Waals surface area contributed by atoms with E-state index in [2.05, 4.69) is 32.7 Å². The third kappa shape index (κ3) is 5.86. The van der Waals surface area contributed by atoms with E-state index in [1.54, 1.807) is 7.11 Å². The summed E-state index contributed by atoms with van der Waals surface area (Å²) < 4.78 is 5.18. The van der Waals surface area contributed by atoms with E-state index in [-0.39, 0.29) is 0 Å². The Kier molecular flexibility index (Phi) is 6.49. The summed E-state index contributed by atoms with van der Waals surface area (Å²) in [7, 11) is 1.67. The third-order valence-corrected chi connectivity index (χ3v) is 4.35. The molecule has 0 spiro atoms. The standard InChI is InChI=1S/C21H23ClN4O/c1-15-13-20(23-12-11-16-5-9-19(27-2)10-6-16)26-21(25-15)24-14-17-3-7-18(22)8-4-17/h3-10,13H,11-12,14H2,1-2H3,(H2,23,24,25,26). The van der Waals surface area contributed by atoms with Crippen LogP contribution in [0.3, 0.4) is 0 Å². The van der Waals surface area contributed by atoms with Gasteiger partial charge in [0, 0.05) is 29.9 Å². The van der Waals surface area contributed by atoms with Crippen molar-refractivity contribution in [2.45, 2.75) is 19.9 Å². The van der Waals surface area contributed by atoms with Crippen molar-refractivity contribution in [3.63, 3.8) is 0 Å². The van der Waals surface area contributed by atoms with Crippen LogP contribution < -0.4 is 15.4 Å². The van der Waals surface area contributed by atoms with Gasteiger partial charge in [-0.25, -0.2) is 4.98 Å². The molecule has 0 fully saturated rings. The van der Waals surface area contributed by atoms with Gasteiger partial charge in [-0.15, -0.1) is 0 Å². The second kappa shape index (κ2) is 9.24. The van der Waals surface area contributed by atoms with Crippen molar-refractivity contribution in [3.8, 4) is 5.75 Å². The summed E-state index contributed by atoms with van der Waals surface area (Å²) in [5.74, 6) is 2.29. The van der Waals surface area contributed by atoms with E-state index in [0.717, 1.165) is 40.8 Å². The molecule has 2 N–H and O–H groups in total. The van der Waals surface area contributed by atoms with E-state index >= 15 is 0 Å². The van der Waals surface area contributed by atoms with Gasteiger partial charge in [0.15, 0.2) is 0 Å². The van der Waals surface area contributed by atoms with E-state index in [4.69, 9.17) is 16.3 Å². The Hall–Kier alpha value is -2.79. The number of rotatable bonds is 8. The van der Waals surface area contributed by atoms with Crippen molar-refractivity contribution in [2.75, 3.05) is 24.3 Å². The van der Waals surface area contributed by atoms with Crippen LogP contribution in [0.1, 0.15) is 16.8 Å². The van der Waals surface area contributed by atoms with E-state index in [9.17, 15) is 0 Å². The average molecular weight is 383 g/mol. The Balaban J connectivity index is 1.55. The molecular formula is C21H23ClN4O. The number of aryl methyl sites for hydroxylation is 1. The second-order valence-corrected chi connectivity index (χ2v) is 6.66. The van der Waals surface area contributed by atoms with Crippen molar-refractivity contribution in [1.29, 1.82) is 0 Å². The molecule has 6 heteroatoms. The fourth-order valence-electron chi connectivity index (χ4n) is 2.65. The van der Waals surface area contributed by atoms with Gasteiger partial charge in [0.1, 0.15) is 11.6 Å². The zero-order chi connectivity index (χ0) is 19.1. The molecule has 3 rings (SSSR count). The maximum Gasteiger partial charge on any atom is 0.225 e. The highest BCUT2D eigenvalue weighted by Gasteiger charge is 2.03. The zero-order valence-electron chi connectivity index (χ0n) is 15.5. The van der Waals surface area contributed by atoms with Crippen molar-refractivity contribution in [1.82, 2.24) is 9.97 Å². The number of ether oxygens (including phenoxy) is 1. The van der Waals surface area contributed by atoms with Crippen LogP contribution in [0.2, 0.25) is 5.02 Å². The van der Waals surface area contributed by atoms with Crippen LogP contribution in [0.5, 0.6) is 5.75 Å². The van der Waals surface area contributed by atoms with Crippen molar-refractivity contribution in [3.05, 3.63) is 76.4 Å². The SMILES string of the molecule is COc1ccc(CCNc2cc(C)nc(NCc3ccc(Cl)cc3)n2)cc1. The van der Waals surface area contributed by atoms with E-state index in [1.165, 1.54) is 5.56 Å². The van der Waals surface area contributed by atoms with Gasteiger partial charge in [-0.1, -0.05) is 35.9 Å². The molecule has 0 radical (unpaired) electrons. The normalized spacial score (nSPS) is 10.5. The van der Waals surface area contributed by atoms with Crippen LogP contribution in [0.25, 0.3) is 0 Å². The number of anilines is 2. The van der Waals surface area contributed by atoms with Crippen molar-refractivity contribution < 1.29 is 4.74 Å². The van der Waals surface area contributed by atoms with Gasteiger partial charge >= 0.3 is 0 Å². The lowest BCUT2D eigenvalue weighted by atomic mass is 10.1. The molecule has 0 unspecified atom stereocenters. The van der Waals surface area contributed by atoms with Gasteiger partial charge in [0.25, 0.3) is 0 Å². The number of halogens is 1. The van der Waals surface area contributed by atoms with Crippen LogP contribution in [-0.4, -0.2) is 23.6 Å². The average Bonchev–Trinajstić information content (AvgIpc) is 2.68. The molecule has 0 bridgehead atoms. The first kappa shape index (κ1) is 19.0. The lowest BCUT2D eigenvalue weighted by molar-refractivity contribution is 0.414. The van der Waals surface area contributed by atoms with Gasteiger partial charge in [0.05, 0.1) is 7.11 Å². The number of hydrogen-bond acceptors (Lipinski definition) is 5. The van der Waals surface area contributed by atoms with Gasteiger partial charge in [-0.2, -0.15) is 4.98 Å². The summed E-state index contributed by atoms with van der Waals surface area (Å²) >= 11 is 5.92. The summed E-state index contributed by atoms with van der Waals surface area (Å²) in [6, 6.07) is 17.8. The topological polar surface area (TPSA) is 59.1 Å². The highest BCUT2D eigenvalue weighted by Crippen LogP contribution is 2.14. The fraction of sp³-hybridized carbons (Fsp3) is 0.238. The Morgan fingerprint density at radius 3 is 2.33 bits per heavy atom. The van der Waals surface area contributed by atoms with Crippen LogP contribution in [0, 0.1) is 6.92 Å². The molecule has 0 aliphatic rings. The lowest BCUT2D eigenvalue weighted by Gasteiger charge is -2.10. The third-order valence-electron chi connectivity index (χ3n) is 4.10. The number of nitrogens with one attached hydrogen (secondary N) is 2. The maximum atomic E-state index is 5.92. The minimum atomic E-state index is 0.608. The molecule has 1 aromatic heterocycles. The summed E-state index contributed by atoms with van der Waals surface area (Å²) in [6.45, 7) is 3.40. The Morgan fingerprint density at radius 2 is 1.63 bits per heavy atom. The van der Waals surface area contributed by atoms with Crippen LogP contribution >= 0.6 is 11.6 Å². The largest absolute Gasteiger partial charge is 0.497 e. The minimum Gasteiger partial charge on any atom is -0.497 e. The highest BCUT2D eigenvalue weighted by molar-refractivity contribution is 6.30. The van der Waals surface area contributed by atoms with E-state index in [0.29, 0.717) is 12.5 Å². The van der Waals surface area contributed by atoms with Crippen LogP contribution in [-0.2, 0) is 13.0 Å². The lowest BCUT2D eigenvalue weighted by Crippen LogP contribution is -2.10. The van der Waals surface area contributed by atoms with E-state index in [1.807, 2.05) is 49.4 Å². The van der Waals surface area contributed by atoms with Crippen LogP contribution in [0.4, 0.5) is 11.8 Å². The summed E-state index contributed by atoms with van der Waals surface area (Å²) in [6.07, 6.45) is 0.903. The molecule has 140 valence electrons. The van der Waals surface area contributed by atoms with Gasteiger partial charge in [-0.3, -0.25) is 0 Å². The molecule has 0 saturated carbocycles. The molecular weight excluding hydrogens is 360 g/mol. The Labute approximate surface area is 164 Å². The van der Waals surface area contributed by atoms with Crippen molar-refractivity contribution in [2.24, 2.45) is 0 Å². The minimum absolute atomic E-state index is 0.608. The summed E-state index contributed by atoms with van der Waals surface area (Å²) in [4.78, 5) is 8.99. The summed E-state index contributed by atoms with van der Waals surface area (Å²) in [5, 5.41) is 7.36. The molecule has 0 amide bonds. The molecule has 0 saturated heterocycles. The van der Waals surface area contributed by atoms with E-state index < -0.39 is 0 Å². The van der Waals surface area contributed by atoms with Gasteiger partial charge in [-0.05, 0) is 48.7 Å². The van der Waals surface area contributed by atoms with Crippen molar-refractivity contribution >= 4 is 23.4 Å². The first-order valence-corrected chi connectivity index (χ1v) is 9.21. The molecule has 5 nitrogen and oxygen atoms in total. The predicted molar refractivity (Wildman–Crippen MR) is 111 cm³/mol. The second-order valence-electron chi connectivity index (χ2n) is 6.22. The van der Waals surface area contributed by atoms with Gasteiger partial charge < -0.3 is 15.4 Å². The zero-order valence-corrected chi connectivity index (χ0v) is 16.3. The molecule has 1 heterocycles. The highest BCUT2D eigenvalue weighted by atomic mass is 35.5. The molecule has 0 aliphatic carbocycles. The molecule has 27 heavy (non-hydrogen) atoms. The Morgan fingerprint density at radius 1 is 0.926 bits per heavy atom. The molecule has 0 aliphatic heterocycles. The number of hydrogen-bond donors (Lipinski definition) is 2. The number of aromatic nitrogens is 2. The maximum absolute atomic E-state index is 5.92. The molecule has 0 atom stereocenters. The Bertz CT molecular complexity index is 866. The molecule has 3 aromatic rings. The number of methoxy groups -OCH3 is 1. The predicted octanol–water partition coefficient (Wildman–Crippen LogP) is 4.71. The monoisotopic (exact) mass is 382 g/mol. The molecule has 2 aromatic carbocycles. The van der Waals surface area contributed by atoms with Gasteiger partial charge in [0.2, 0.25) is 5.95 Å². The van der Waals surface area contributed by atoms with Crippen LogP contribution in [0.15, 0.2) is 54.6 Å². The quantitative estimate of drug-likeness (QED) is 0.590. The first-order valence-electron chi connectivity index (χ1n) is 8.83. The fourth-order valence-corrected chi connectivity index (χ4v) is 2.77. The first-order chi connectivity index (χ1) is 13.1.